The van der Waals surface area contributed by atoms with Crippen LogP contribution in [0.3, 0.4) is 0 Å². The molecule has 5 nitrogen and oxygen atoms in total. The second-order valence-electron chi connectivity index (χ2n) is 7.13. The number of aromatic nitrogens is 1. The molecule has 0 radical (unpaired) electrons. The van der Waals surface area contributed by atoms with Crippen LogP contribution >= 0.6 is 0 Å². The lowest BCUT2D eigenvalue weighted by molar-refractivity contribution is -0.137. The number of hydrogen-bond donors (Lipinski definition) is 1. The molecule has 0 unspecified atom stereocenters. The number of carbonyl (C=O) groups excluding carboxylic acids is 1. The summed E-state index contributed by atoms with van der Waals surface area (Å²) in [6.45, 7) is 2.98. The number of piperidine rings is 1. The van der Waals surface area contributed by atoms with Gasteiger partial charge in [-0.05, 0) is 49.6 Å². The molecule has 0 bridgehead atoms. The number of amides is 1. The molecule has 0 aliphatic carbocycles. The predicted octanol–water partition coefficient (Wildman–Crippen LogP) is 4.07. The van der Waals surface area contributed by atoms with Crippen molar-refractivity contribution in [3.05, 3.63) is 59.3 Å². The van der Waals surface area contributed by atoms with Crippen molar-refractivity contribution >= 4 is 11.7 Å². The highest BCUT2D eigenvalue weighted by molar-refractivity contribution is 5.79. The lowest BCUT2D eigenvalue weighted by Crippen LogP contribution is -2.41. The normalized spacial score (nSPS) is 16.2. The molecule has 0 saturated carbocycles. The third kappa shape index (κ3) is 5.05. The summed E-state index contributed by atoms with van der Waals surface area (Å²) in [6.07, 6.45) is -1.64. The van der Waals surface area contributed by atoms with Crippen LogP contribution in [0.25, 0.3) is 0 Å². The third-order valence-electron chi connectivity index (χ3n) is 5.14. The van der Waals surface area contributed by atoms with Crippen LogP contribution < -0.4 is 10.2 Å². The number of nitrogens with one attached hydrogen (secondary N) is 1. The van der Waals surface area contributed by atoms with Crippen molar-refractivity contribution in [2.24, 2.45) is 5.92 Å². The molecule has 1 aromatic carbocycles. The minimum atomic E-state index is -4.41. The third-order valence-corrected chi connectivity index (χ3v) is 5.14. The van der Waals surface area contributed by atoms with Gasteiger partial charge < -0.3 is 10.2 Å². The van der Waals surface area contributed by atoms with E-state index in [0.29, 0.717) is 37.1 Å². The first-order valence-corrected chi connectivity index (χ1v) is 9.36. The van der Waals surface area contributed by atoms with E-state index in [1.54, 1.807) is 25.1 Å². The van der Waals surface area contributed by atoms with Gasteiger partial charge in [-0.3, -0.25) is 4.79 Å². The maximum atomic E-state index is 12.9. The van der Waals surface area contributed by atoms with E-state index in [0.717, 1.165) is 18.0 Å². The molecule has 152 valence electrons. The number of rotatable bonds is 4. The summed E-state index contributed by atoms with van der Waals surface area (Å²) in [5, 5.41) is 11.7. The zero-order valence-electron chi connectivity index (χ0n) is 15.9. The molecule has 2 aromatic rings. The highest BCUT2D eigenvalue weighted by Gasteiger charge is 2.31. The molecule has 1 fully saturated rings. The molecule has 1 N–H and O–H groups in total. The molecule has 1 aromatic heterocycles. The number of pyridine rings is 1. The Balaban J connectivity index is 1.56. The maximum absolute atomic E-state index is 12.9. The number of nitrogens with zero attached hydrogens (tertiary/aromatic N) is 3. The summed E-state index contributed by atoms with van der Waals surface area (Å²) in [4.78, 5) is 18.9. The van der Waals surface area contributed by atoms with Crippen LogP contribution in [0.1, 0.15) is 42.5 Å². The van der Waals surface area contributed by atoms with Gasteiger partial charge in [-0.1, -0.05) is 12.1 Å². The Kier molecular flexibility index (Phi) is 6.06. The number of nitriles is 1. The fraction of sp³-hybridized carbons (Fsp3) is 0.381. The Morgan fingerprint density at radius 2 is 2.00 bits per heavy atom. The minimum absolute atomic E-state index is 0.151. The van der Waals surface area contributed by atoms with Crippen LogP contribution in [0, 0.1) is 17.2 Å². The quantitative estimate of drug-likeness (QED) is 0.837. The Hall–Kier alpha value is -3.08. The van der Waals surface area contributed by atoms with E-state index in [1.807, 2.05) is 6.07 Å². The maximum Gasteiger partial charge on any atom is 0.416 e. The number of hydrogen-bond acceptors (Lipinski definition) is 4. The van der Waals surface area contributed by atoms with Crippen LogP contribution in [0.15, 0.2) is 42.6 Å². The summed E-state index contributed by atoms with van der Waals surface area (Å²) >= 11 is 0. The molecule has 0 spiro atoms. The van der Waals surface area contributed by atoms with Crippen molar-refractivity contribution in [1.82, 2.24) is 10.3 Å². The van der Waals surface area contributed by atoms with E-state index >= 15 is 0 Å². The molecule has 1 aliphatic heterocycles. The predicted molar refractivity (Wildman–Crippen MR) is 102 cm³/mol. The van der Waals surface area contributed by atoms with Crippen molar-refractivity contribution < 1.29 is 18.0 Å². The number of alkyl halides is 3. The van der Waals surface area contributed by atoms with E-state index in [4.69, 9.17) is 5.26 Å². The van der Waals surface area contributed by atoms with Crippen molar-refractivity contribution in [3.63, 3.8) is 0 Å². The molecule has 3 rings (SSSR count). The standard InChI is InChI=1S/C21H21F3N4O/c1-14(17-3-2-4-18(11-17)21(22,23)24)27-20(29)16-7-9-28(10-8-16)19-6-5-15(12-25)13-26-19/h2-6,11,13-14,16H,7-10H2,1H3,(H,27,29)/t14-/m0/s1. The van der Waals surface area contributed by atoms with E-state index in [-0.39, 0.29) is 11.8 Å². The van der Waals surface area contributed by atoms with Crippen LogP contribution in [0.4, 0.5) is 19.0 Å². The molecule has 8 heteroatoms. The molecule has 29 heavy (non-hydrogen) atoms. The van der Waals surface area contributed by atoms with Crippen LogP contribution in [0.5, 0.6) is 0 Å². The second-order valence-corrected chi connectivity index (χ2v) is 7.13. The van der Waals surface area contributed by atoms with E-state index in [9.17, 15) is 18.0 Å². The lowest BCUT2D eigenvalue weighted by Gasteiger charge is -2.32. The fourth-order valence-corrected chi connectivity index (χ4v) is 3.41. The van der Waals surface area contributed by atoms with Gasteiger partial charge in [-0.2, -0.15) is 18.4 Å². The highest BCUT2D eigenvalue weighted by Crippen LogP contribution is 2.31. The van der Waals surface area contributed by atoms with Gasteiger partial charge >= 0.3 is 6.18 Å². The first-order chi connectivity index (χ1) is 13.8. The molecule has 1 amide bonds. The molecular weight excluding hydrogens is 381 g/mol. The van der Waals surface area contributed by atoms with E-state index < -0.39 is 17.8 Å². The zero-order chi connectivity index (χ0) is 21.0. The summed E-state index contributed by atoms with van der Waals surface area (Å²) in [6, 6.07) is 10.0. The summed E-state index contributed by atoms with van der Waals surface area (Å²) < 4.78 is 38.7. The van der Waals surface area contributed by atoms with Crippen molar-refractivity contribution in [1.29, 1.82) is 5.26 Å². The minimum Gasteiger partial charge on any atom is -0.357 e. The number of anilines is 1. The molecular formula is C21H21F3N4O. The van der Waals surface area contributed by atoms with Gasteiger partial charge in [0.1, 0.15) is 11.9 Å². The monoisotopic (exact) mass is 402 g/mol. The van der Waals surface area contributed by atoms with Gasteiger partial charge in [0.2, 0.25) is 5.91 Å². The number of benzene rings is 1. The molecule has 1 saturated heterocycles. The Bertz CT molecular complexity index is 897. The average Bonchev–Trinajstić information content (AvgIpc) is 2.73. The van der Waals surface area contributed by atoms with Crippen LogP contribution in [-0.4, -0.2) is 24.0 Å². The van der Waals surface area contributed by atoms with Crippen LogP contribution in [0.2, 0.25) is 0 Å². The topological polar surface area (TPSA) is 69.0 Å². The van der Waals surface area contributed by atoms with E-state index in [1.165, 1.54) is 12.3 Å². The first-order valence-electron chi connectivity index (χ1n) is 9.36. The van der Waals surface area contributed by atoms with Crippen molar-refractivity contribution in [2.45, 2.75) is 32.0 Å². The zero-order valence-corrected chi connectivity index (χ0v) is 15.9. The van der Waals surface area contributed by atoms with Gasteiger partial charge in [0.25, 0.3) is 0 Å². The SMILES string of the molecule is C[C@H](NC(=O)C1CCN(c2ccc(C#N)cn2)CC1)c1cccc(C(F)(F)F)c1. The van der Waals surface area contributed by atoms with Gasteiger partial charge in [0, 0.05) is 25.2 Å². The van der Waals surface area contributed by atoms with Crippen molar-refractivity contribution in [2.75, 3.05) is 18.0 Å². The lowest BCUT2D eigenvalue weighted by atomic mass is 9.95. The Morgan fingerprint density at radius 3 is 2.59 bits per heavy atom. The molecule has 1 atom stereocenters. The van der Waals surface area contributed by atoms with Gasteiger partial charge in [-0.15, -0.1) is 0 Å². The fourth-order valence-electron chi connectivity index (χ4n) is 3.41. The van der Waals surface area contributed by atoms with Gasteiger partial charge in [-0.25, -0.2) is 4.98 Å². The summed E-state index contributed by atoms with van der Waals surface area (Å²) in [5.74, 6) is 0.417. The number of halogens is 3. The van der Waals surface area contributed by atoms with Crippen molar-refractivity contribution in [3.8, 4) is 6.07 Å². The summed E-state index contributed by atoms with van der Waals surface area (Å²) in [5.41, 5.74) is 0.193. The molecule has 1 aliphatic rings. The smallest absolute Gasteiger partial charge is 0.357 e. The second kappa shape index (κ2) is 8.52. The largest absolute Gasteiger partial charge is 0.416 e. The highest BCUT2D eigenvalue weighted by atomic mass is 19.4. The first kappa shape index (κ1) is 20.6. The Morgan fingerprint density at radius 1 is 1.28 bits per heavy atom. The van der Waals surface area contributed by atoms with E-state index in [2.05, 4.69) is 15.2 Å². The molecule has 2 heterocycles. The average molecular weight is 402 g/mol. The summed E-state index contributed by atoms with van der Waals surface area (Å²) in [7, 11) is 0. The van der Waals surface area contributed by atoms with Gasteiger partial charge in [0.15, 0.2) is 0 Å². The van der Waals surface area contributed by atoms with Gasteiger partial charge in [0.05, 0.1) is 17.2 Å². The number of carbonyl (C=O) groups is 1. The Labute approximate surface area is 167 Å². The van der Waals surface area contributed by atoms with Crippen LogP contribution in [-0.2, 0) is 11.0 Å².